The molecule has 1 aromatic heterocycles. The predicted molar refractivity (Wildman–Crippen MR) is 113 cm³/mol. The number of hydrogen-bond acceptors (Lipinski definition) is 6. The first kappa shape index (κ1) is 19.1. The van der Waals surface area contributed by atoms with Crippen molar-refractivity contribution in [3.63, 3.8) is 0 Å². The van der Waals surface area contributed by atoms with Gasteiger partial charge in [-0.15, -0.1) is 0 Å². The maximum atomic E-state index is 13.0. The highest BCUT2D eigenvalue weighted by Crippen LogP contribution is 2.36. The summed E-state index contributed by atoms with van der Waals surface area (Å²) in [4.78, 5) is 38.6. The van der Waals surface area contributed by atoms with Gasteiger partial charge in [-0.05, 0) is 42.5 Å². The molecule has 0 unspecified atom stereocenters. The lowest BCUT2D eigenvalue weighted by atomic mass is 10.1. The number of fused-ring (bicyclic) bond motifs is 1. The van der Waals surface area contributed by atoms with Crippen LogP contribution in [0, 0.1) is 0 Å². The predicted octanol–water partition coefficient (Wildman–Crippen LogP) is 4.10. The van der Waals surface area contributed by atoms with Crippen molar-refractivity contribution in [2.24, 2.45) is 0 Å². The fourth-order valence-corrected chi connectivity index (χ4v) is 3.52. The number of benzene rings is 2. The van der Waals surface area contributed by atoms with Gasteiger partial charge in [0.05, 0.1) is 5.69 Å². The molecule has 0 saturated carbocycles. The standard InChI is InChI=1S/C22H13BrN2O6/c23-13-3-1-12(2-4-13)17-8-6-15(31-17)10-16-20(26)24-22(28)25(21(16)27)14-5-7-18-19(9-14)30-11-29-18/h1-10H,11H2,(H,24,26,28)/b16-10-. The number of ether oxygens (including phenoxy) is 2. The molecule has 5 rings (SSSR count). The van der Waals surface area contributed by atoms with Gasteiger partial charge in [0.1, 0.15) is 17.1 Å². The van der Waals surface area contributed by atoms with Crippen molar-refractivity contribution in [2.45, 2.75) is 0 Å². The van der Waals surface area contributed by atoms with E-state index in [4.69, 9.17) is 13.9 Å². The van der Waals surface area contributed by atoms with Gasteiger partial charge in [-0.25, -0.2) is 9.69 Å². The zero-order valence-electron chi connectivity index (χ0n) is 15.8. The summed E-state index contributed by atoms with van der Waals surface area (Å²) >= 11 is 3.38. The molecule has 0 bridgehead atoms. The molecule has 8 nitrogen and oxygen atoms in total. The molecule has 2 aliphatic heterocycles. The van der Waals surface area contributed by atoms with Gasteiger partial charge in [-0.2, -0.15) is 0 Å². The summed E-state index contributed by atoms with van der Waals surface area (Å²) in [7, 11) is 0. The summed E-state index contributed by atoms with van der Waals surface area (Å²) in [5, 5.41) is 2.18. The van der Waals surface area contributed by atoms with Crippen LogP contribution in [0.5, 0.6) is 11.5 Å². The van der Waals surface area contributed by atoms with Crippen molar-refractivity contribution in [3.05, 3.63) is 70.4 Å². The van der Waals surface area contributed by atoms with Crippen LogP contribution in [-0.2, 0) is 9.59 Å². The molecule has 0 radical (unpaired) electrons. The average molecular weight is 481 g/mol. The molecule has 154 valence electrons. The molecule has 2 aromatic carbocycles. The number of rotatable bonds is 3. The molecule has 3 aromatic rings. The molecule has 4 amide bonds. The Balaban J connectivity index is 1.47. The number of amides is 4. The molecule has 0 atom stereocenters. The molecular weight excluding hydrogens is 468 g/mol. The minimum Gasteiger partial charge on any atom is -0.457 e. The Morgan fingerprint density at radius 1 is 0.935 bits per heavy atom. The van der Waals surface area contributed by atoms with Crippen molar-refractivity contribution in [1.29, 1.82) is 0 Å². The normalized spacial score (nSPS) is 16.7. The number of nitrogens with zero attached hydrogens (tertiary/aromatic N) is 1. The van der Waals surface area contributed by atoms with E-state index in [1.54, 1.807) is 18.2 Å². The highest BCUT2D eigenvalue weighted by atomic mass is 79.9. The topological polar surface area (TPSA) is 98.1 Å². The Labute approximate surface area is 184 Å². The third kappa shape index (κ3) is 3.49. The average Bonchev–Trinajstić information content (AvgIpc) is 3.40. The van der Waals surface area contributed by atoms with E-state index in [-0.39, 0.29) is 18.1 Å². The quantitative estimate of drug-likeness (QED) is 0.447. The van der Waals surface area contributed by atoms with Gasteiger partial charge >= 0.3 is 6.03 Å². The number of barbiturate groups is 1. The zero-order valence-corrected chi connectivity index (χ0v) is 17.3. The van der Waals surface area contributed by atoms with Crippen molar-refractivity contribution < 1.29 is 28.3 Å². The third-order valence-corrected chi connectivity index (χ3v) is 5.29. The second kappa shape index (κ2) is 7.44. The molecular formula is C22H13BrN2O6. The minimum atomic E-state index is -0.846. The van der Waals surface area contributed by atoms with Gasteiger partial charge in [0, 0.05) is 16.1 Å². The van der Waals surface area contributed by atoms with Gasteiger partial charge in [0.2, 0.25) is 6.79 Å². The fourth-order valence-electron chi connectivity index (χ4n) is 3.26. The summed E-state index contributed by atoms with van der Waals surface area (Å²) in [6, 6.07) is 14.7. The molecule has 1 N–H and O–H groups in total. The second-order valence-corrected chi connectivity index (χ2v) is 7.62. The van der Waals surface area contributed by atoms with Crippen LogP contribution in [0.1, 0.15) is 5.76 Å². The van der Waals surface area contributed by atoms with Crippen LogP contribution >= 0.6 is 15.9 Å². The first-order chi connectivity index (χ1) is 15.0. The summed E-state index contributed by atoms with van der Waals surface area (Å²) < 4.78 is 17.3. The summed E-state index contributed by atoms with van der Waals surface area (Å²) in [6.45, 7) is 0.0573. The van der Waals surface area contributed by atoms with Gasteiger partial charge in [-0.3, -0.25) is 14.9 Å². The van der Waals surface area contributed by atoms with Crippen LogP contribution in [0.3, 0.4) is 0 Å². The Kier molecular flexibility index (Phi) is 4.59. The van der Waals surface area contributed by atoms with E-state index in [0.717, 1.165) is 14.9 Å². The fraction of sp³-hybridized carbons (Fsp3) is 0.0455. The highest BCUT2D eigenvalue weighted by Gasteiger charge is 2.37. The Bertz CT molecular complexity index is 1260. The van der Waals surface area contributed by atoms with E-state index in [9.17, 15) is 14.4 Å². The number of halogens is 1. The smallest absolute Gasteiger partial charge is 0.335 e. The Morgan fingerprint density at radius 2 is 1.71 bits per heavy atom. The van der Waals surface area contributed by atoms with Gasteiger partial charge < -0.3 is 13.9 Å². The molecule has 0 aliphatic carbocycles. The van der Waals surface area contributed by atoms with Crippen molar-refractivity contribution >= 4 is 45.5 Å². The van der Waals surface area contributed by atoms with E-state index in [2.05, 4.69) is 21.2 Å². The molecule has 2 aliphatic rings. The van der Waals surface area contributed by atoms with Crippen LogP contribution < -0.4 is 19.7 Å². The van der Waals surface area contributed by atoms with E-state index in [1.165, 1.54) is 18.2 Å². The number of carbonyl (C=O) groups excluding carboxylic acids is 3. The largest absolute Gasteiger partial charge is 0.457 e. The summed E-state index contributed by atoms with van der Waals surface area (Å²) in [5.74, 6) is 0.230. The number of imide groups is 2. The van der Waals surface area contributed by atoms with Crippen molar-refractivity contribution in [1.82, 2.24) is 5.32 Å². The number of hydrogen-bond donors (Lipinski definition) is 1. The van der Waals surface area contributed by atoms with Crippen molar-refractivity contribution in [2.75, 3.05) is 11.7 Å². The van der Waals surface area contributed by atoms with Gasteiger partial charge in [0.25, 0.3) is 11.8 Å². The molecule has 1 saturated heterocycles. The first-order valence-electron chi connectivity index (χ1n) is 9.16. The van der Waals surface area contributed by atoms with Crippen LogP contribution in [0.15, 0.2) is 69.1 Å². The van der Waals surface area contributed by atoms with Crippen molar-refractivity contribution in [3.8, 4) is 22.8 Å². The van der Waals surface area contributed by atoms with Gasteiger partial charge in [-0.1, -0.05) is 28.1 Å². The number of anilines is 1. The van der Waals surface area contributed by atoms with E-state index in [1.807, 2.05) is 24.3 Å². The summed E-state index contributed by atoms with van der Waals surface area (Å²) in [6.07, 6.45) is 1.31. The lowest BCUT2D eigenvalue weighted by molar-refractivity contribution is -0.122. The third-order valence-electron chi connectivity index (χ3n) is 4.76. The molecule has 0 spiro atoms. The lowest BCUT2D eigenvalue weighted by Crippen LogP contribution is -2.54. The summed E-state index contributed by atoms with van der Waals surface area (Å²) in [5.41, 5.74) is 0.860. The SMILES string of the molecule is O=C1NC(=O)N(c2ccc3c(c2)OCO3)C(=O)/C1=C\c1ccc(-c2ccc(Br)cc2)o1. The maximum absolute atomic E-state index is 13.0. The number of urea groups is 1. The number of carbonyl (C=O) groups is 3. The maximum Gasteiger partial charge on any atom is 0.335 e. The number of nitrogens with one attached hydrogen (secondary N) is 1. The number of furan rings is 1. The highest BCUT2D eigenvalue weighted by molar-refractivity contribution is 9.10. The monoisotopic (exact) mass is 480 g/mol. The van der Waals surface area contributed by atoms with E-state index in [0.29, 0.717) is 23.0 Å². The first-order valence-corrected chi connectivity index (χ1v) is 9.96. The lowest BCUT2D eigenvalue weighted by Gasteiger charge is -2.26. The molecule has 31 heavy (non-hydrogen) atoms. The second-order valence-electron chi connectivity index (χ2n) is 6.70. The van der Waals surface area contributed by atoms with E-state index < -0.39 is 17.8 Å². The minimum absolute atomic E-state index is 0.0573. The Morgan fingerprint density at radius 3 is 2.52 bits per heavy atom. The Hall–Kier alpha value is -3.85. The van der Waals surface area contributed by atoms with Crippen LogP contribution in [-0.4, -0.2) is 24.6 Å². The van der Waals surface area contributed by atoms with Crippen LogP contribution in [0.4, 0.5) is 10.5 Å². The molecule has 1 fully saturated rings. The zero-order chi connectivity index (χ0) is 21.5. The van der Waals surface area contributed by atoms with E-state index >= 15 is 0 Å². The van der Waals surface area contributed by atoms with Crippen LogP contribution in [0.25, 0.3) is 17.4 Å². The van der Waals surface area contributed by atoms with Crippen LogP contribution in [0.2, 0.25) is 0 Å². The molecule has 9 heteroatoms. The van der Waals surface area contributed by atoms with Gasteiger partial charge in [0.15, 0.2) is 11.5 Å². The molecule has 3 heterocycles.